The van der Waals surface area contributed by atoms with Gasteiger partial charge in [0.15, 0.2) is 0 Å². The molecule has 5 heteroatoms. The molecule has 1 fully saturated rings. The summed E-state index contributed by atoms with van der Waals surface area (Å²) in [6.45, 7) is 4.33. The molecule has 1 saturated heterocycles. The first-order valence-corrected chi connectivity index (χ1v) is 6.45. The Morgan fingerprint density at radius 3 is 2.59 bits per heavy atom. The van der Waals surface area contributed by atoms with Crippen LogP contribution >= 0.6 is 0 Å². The van der Waals surface area contributed by atoms with Gasteiger partial charge in [0.1, 0.15) is 0 Å². The maximum Gasteiger partial charge on any atom is 0.239 e. The van der Waals surface area contributed by atoms with Crippen LogP contribution in [-0.2, 0) is 4.79 Å². The zero-order chi connectivity index (χ0) is 12.8. The first-order valence-electron chi connectivity index (χ1n) is 6.45. The van der Waals surface area contributed by atoms with E-state index in [1.54, 1.807) is 4.90 Å². The highest BCUT2D eigenvalue weighted by molar-refractivity contribution is 5.81. The molecule has 0 radical (unpaired) electrons. The Balaban J connectivity index is 2.61. The maximum absolute atomic E-state index is 12.1. The van der Waals surface area contributed by atoms with E-state index in [-0.39, 0.29) is 18.6 Å². The number of piperidine rings is 1. The summed E-state index contributed by atoms with van der Waals surface area (Å²) >= 11 is 0. The fourth-order valence-corrected chi connectivity index (χ4v) is 2.27. The van der Waals surface area contributed by atoms with E-state index in [1.165, 1.54) is 0 Å². The zero-order valence-corrected chi connectivity index (χ0v) is 10.9. The molecule has 1 amide bonds. The van der Waals surface area contributed by atoms with Gasteiger partial charge in [-0.05, 0) is 39.4 Å². The minimum Gasteiger partial charge on any atom is -0.395 e. The highest BCUT2D eigenvalue weighted by atomic mass is 16.3. The van der Waals surface area contributed by atoms with Crippen LogP contribution in [-0.4, -0.2) is 66.2 Å². The lowest BCUT2D eigenvalue weighted by atomic mass is 10.0. The predicted octanol–water partition coefficient (Wildman–Crippen LogP) is -0.361. The molecule has 1 rings (SSSR count). The van der Waals surface area contributed by atoms with Gasteiger partial charge in [0.05, 0.1) is 12.6 Å². The number of likely N-dealkylation sites (tertiary alicyclic amines) is 1. The van der Waals surface area contributed by atoms with E-state index in [2.05, 4.69) is 11.9 Å². The topological polar surface area (TPSA) is 69.8 Å². The molecule has 100 valence electrons. The summed E-state index contributed by atoms with van der Waals surface area (Å²) in [6, 6.07) is -0.190. The normalized spacial score (nSPS) is 20.2. The molecule has 1 aliphatic rings. The van der Waals surface area contributed by atoms with E-state index >= 15 is 0 Å². The molecule has 1 aliphatic heterocycles. The molecule has 1 unspecified atom stereocenters. The fourth-order valence-electron chi connectivity index (χ4n) is 2.27. The zero-order valence-electron chi connectivity index (χ0n) is 10.9. The van der Waals surface area contributed by atoms with E-state index in [0.717, 1.165) is 25.9 Å². The van der Waals surface area contributed by atoms with Gasteiger partial charge in [-0.3, -0.25) is 4.79 Å². The van der Waals surface area contributed by atoms with E-state index in [0.29, 0.717) is 13.0 Å². The summed E-state index contributed by atoms with van der Waals surface area (Å²) in [5.74, 6) is -0.0175. The lowest BCUT2D eigenvalue weighted by Crippen LogP contribution is -2.52. The molecule has 0 bridgehead atoms. The van der Waals surface area contributed by atoms with Crippen molar-refractivity contribution in [1.82, 2.24) is 9.80 Å². The summed E-state index contributed by atoms with van der Waals surface area (Å²) in [5.41, 5.74) is 5.80. The number of aliphatic hydroxyl groups excluding tert-OH is 1. The van der Waals surface area contributed by atoms with Crippen molar-refractivity contribution in [2.75, 3.05) is 33.3 Å². The van der Waals surface area contributed by atoms with Crippen molar-refractivity contribution in [3.05, 3.63) is 0 Å². The van der Waals surface area contributed by atoms with Gasteiger partial charge >= 0.3 is 0 Å². The van der Waals surface area contributed by atoms with Crippen LogP contribution in [0.2, 0.25) is 0 Å². The molecule has 1 heterocycles. The van der Waals surface area contributed by atoms with Crippen LogP contribution < -0.4 is 5.73 Å². The summed E-state index contributed by atoms with van der Waals surface area (Å²) < 4.78 is 0. The van der Waals surface area contributed by atoms with Gasteiger partial charge in [-0.25, -0.2) is 0 Å². The Labute approximate surface area is 104 Å². The van der Waals surface area contributed by atoms with Crippen molar-refractivity contribution in [2.24, 2.45) is 5.73 Å². The number of aliphatic hydroxyl groups is 1. The second-order valence-electron chi connectivity index (χ2n) is 4.80. The summed E-state index contributed by atoms with van der Waals surface area (Å²) in [7, 11) is 2.09. The lowest BCUT2D eigenvalue weighted by molar-refractivity contribution is -0.136. The third kappa shape index (κ3) is 3.94. The Morgan fingerprint density at radius 1 is 1.53 bits per heavy atom. The van der Waals surface area contributed by atoms with E-state index in [4.69, 9.17) is 10.8 Å². The van der Waals surface area contributed by atoms with Crippen LogP contribution in [0.4, 0.5) is 0 Å². The molecule has 3 N–H and O–H groups in total. The number of nitrogens with zero attached hydrogens (tertiary/aromatic N) is 2. The van der Waals surface area contributed by atoms with Crippen LogP contribution in [0, 0.1) is 0 Å². The van der Waals surface area contributed by atoms with E-state index < -0.39 is 6.04 Å². The minimum absolute atomic E-state index is 0.00845. The molecular formula is C12H25N3O2. The number of nitrogens with two attached hydrogens (primary N) is 1. The molecule has 0 aromatic rings. The minimum atomic E-state index is -0.429. The van der Waals surface area contributed by atoms with Crippen molar-refractivity contribution in [2.45, 2.75) is 38.3 Å². The van der Waals surface area contributed by atoms with E-state index in [1.807, 2.05) is 6.92 Å². The molecule has 0 spiro atoms. The van der Waals surface area contributed by atoms with E-state index in [9.17, 15) is 4.79 Å². The Hall–Kier alpha value is -0.650. The van der Waals surface area contributed by atoms with Crippen molar-refractivity contribution in [1.29, 1.82) is 0 Å². The number of hydrogen-bond acceptors (Lipinski definition) is 4. The molecule has 0 aromatic heterocycles. The quantitative estimate of drug-likeness (QED) is 0.692. The van der Waals surface area contributed by atoms with Gasteiger partial charge in [-0.2, -0.15) is 0 Å². The average molecular weight is 243 g/mol. The largest absolute Gasteiger partial charge is 0.395 e. The first kappa shape index (κ1) is 14.4. The van der Waals surface area contributed by atoms with Gasteiger partial charge in [-0.1, -0.05) is 6.92 Å². The van der Waals surface area contributed by atoms with Gasteiger partial charge < -0.3 is 20.6 Å². The van der Waals surface area contributed by atoms with Crippen molar-refractivity contribution in [3.63, 3.8) is 0 Å². The van der Waals surface area contributed by atoms with Crippen LogP contribution in [0.5, 0.6) is 0 Å². The molecular weight excluding hydrogens is 218 g/mol. The smallest absolute Gasteiger partial charge is 0.239 e. The van der Waals surface area contributed by atoms with Crippen molar-refractivity contribution >= 4 is 5.91 Å². The van der Waals surface area contributed by atoms with Gasteiger partial charge in [-0.15, -0.1) is 0 Å². The predicted molar refractivity (Wildman–Crippen MR) is 67.6 cm³/mol. The van der Waals surface area contributed by atoms with Gasteiger partial charge in [0.25, 0.3) is 0 Å². The molecule has 17 heavy (non-hydrogen) atoms. The maximum atomic E-state index is 12.1. The number of rotatable bonds is 5. The van der Waals surface area contributed by atoms with Gasteiger partial charge in [0, 0.05) is 12.6 Å². The van der Waals surface area contributed by atoms with Crippen molar-refractivity contribution in [3.8, 4) is 0 Å². The summed E-state index contributed by atoms with van der Waals surface area (Å²) in [5, 5.41) is 9.08. The summed E-state index contributed by atoms with van der Waals surface area (Å²) in [4.78, 5) is 16.2. The van der Waals surface area contributed by atoms with Crippen LogP contribution in [0.15, 0.2) is 0 Å². The fraction of sp³-hybridized carbons (Fsp3) is 0.917. The number of amides is 1. The Bertz CT molecular complexity index is 240. The standard InChI is InChI=1S/C12H25N3O2/c1-3-11(13)12(17)15(8-9-16)10-4-6-14(2)7-5-10/h10-11,16H,3-9,13H2,1-2H3. The summed E-state index contributed by atoms with van der Waals surface area (Å²) in [6.07, 6.45) is 2.59. The monoisotopic (exact) mass is 243 g/mol. The lowest BCUT2D eigenvalue weighted by Gasteiger charge is -2.38. The third-order valence-corrected chi connectivity index (χ3v) is 3.51. The molecule has 0 aliphatic carbocycles. The Kier molecular flexibility index (Phi) is 5.88. The molecule has 0 aromatic carbocycles. The van der Waals surface area contributed by atoms with Gasteiger partial charge in [0.2, 0.25) is 5.91 Å². The number of hydrogen-bond donors (Lipinski definition) is 2. The number of carbonyl (C=O) groups excluding carboxylic acids is 1. The van der Waals surface area contributed by atoms with Crippen LogP contribution in [0.3, 0.4) is 0 Å². The second kappa shape index (κ2) is 6.93. The molecule has 1 atom stereocenters. The number of carbonyl (C=O) groups is 1. The first-order chi connectivity index (χ1) is 8.10. The SMILES string of the molecule is CCC(N)C(=O)N(CCO)C1CCN(C)CC1. The van der Waals surface area contributed by atoms with Crippen LogP contribution in [0.1, 0.15) is 26.2 Å². The Morgan fingerprint density at radius 2 is 2.12 bits per heavy atom. The third-order valence-electron chi connectivity index (χ3n) is 3.51. The average Bonchev–Trinajstić information content (AvgIpc) is 2.35. The molecule has 5 nitrogen and oxygen atoms in total. The molecule has 0 saturated carbocycles. The second-order valence-corrected chi connectivity index (χ2v) is 4.80. The van der Waals surface area contributed by atoms with Crippen LogP contribution in [0.25, 0.3) is 0 Å². The highest BCUT2D eigenvalue weighted by Crippen LogP contribution is 2.16. The highest BCUT2D eigenvalue weighted by Gasteiger charge is 2.28. The van der Waals surface area contributed by atoms with Crippen molar-refractivity contribution < 1.29 is 9.90 Å².